The fraction of sp³-hybridized carbons (Fsp3) is 0.429. The van der Waals surface area contributed by atoms with Gasteiger partial charge >= 0.3 is 0 Å². The number of rotatable bonds is 4. The number of hydrogen-bond donors (Lipinski definition) is 1. The van der Waals surface area contributed by atoms with Crippen LogP contribution in [0.15, 0.2) is 30.3 Å². The molecule has 0 amide bonds. The molecule has 0 radical (unpaired) electrons. The van der Waals surface area contributed by atoms with Gasteiger partial charge in [-0.05, 0) is 50.2 Å². The molecule has 0 aliphatic rings. The molecule has 0 saturated carbocycles. The van der Waals surface area contributed by atoms with Crippen LogP contribution in [0.4, 0.5) is 0 Å². The van der Waals surface area contributed by atoms with Gasteiger partial charge < -0.3 is 10.0 Å². The fourth-order valence-corrected chi connectivity index (χ4v) is 2.07. The number of aromatic hydroxyl groups is 1. The Labute approximate surface area is 98.2 Å². The predicted octanol–water partition coefficient (Wildman–Crippen LogP) is 2.99. The average molecular weight is 219 g/mol. The second-order valence-electron chi connectivity index (χ2n) is 4.46. The van der Waals surface area contributed by atoms with Gasteiger partial charge in [-0.1, -0.05) is 25.1 Å². The predicted molar refractivity (Wildman–Crippen MR) is 69.5 cm³/mol. The van der Waals surface area contributed by atoms with Crippen LogP contribution >= 0.6 is 0 Å². The van der Waals surface area contributed by atoms with E-state index >= 15 is 0 Å². The van der Waals surface area contributed by atoms with Crippen LogP contribution in [0.25, 0.3) is 5.57 Å². The zero-order chi connectivity index (χ0) is 12.1. The Bertz CT molecular complexity index is 369. The Hall–Kier alpha value is -1.28. The highest BCUT2D eigenvalue weighted by molar-refractivity contribution is 5.68. The molecule has 0 unspecified atom stereocenters. The molecule has 2 heteroatoms. The van der Waals surface area contributed by atoms with Gasteiger partial charge in [0.25, 0.3) is 0 Å². The quantitative estimate of drug-likeness (QED) is 0.841. The van der Waals surface area contributed by atoms with E-state index in [2.05, 4.69) is 32.0 Å². The summed E-state index contributed by atoms with van der Waals surface area (Å²) in [5.74, 6) is 0.788. The molecule has 2 nitrogen and oxygen atoms in total. The van der Waals surface area contributed by atoms with Crippen molar-refractivity contribution in [3.63, 3.8) is 0 Å². The van der Waals surface area contributed by atoms with Crippen molar-refractivity contribution in [1.82, 2.24) is 4.90 Å². The molecule has 1 rings (SSSR count). The molecule has 1 aromatic carbocycles. The topological polar surface area (TPSA) is 23.5 Å². The largest absolute Gasteiger partial charge is 0.508 e. The molecule has 0 spiro atoms. The minimum absolute atomic E-state index is 0.328. The molecule has 1 N–H and O–H groups in total. The SMILES string of the molecule is C/C=C(/c1cccc(O)c1)[C@@H](C)CN(C)C. The highest BCUT2D eigenvalue weighted by Gasteiger charge is 2.11. The molecule has 0 aromatic heterocycles. The highest BCUT2D eigenvalue weighted by Crippen LogP contribution is 2.26. The second-order valence-corrected chi connectivity index (χ2v) is 4.46. The molecule has 0 bridgehead atoms. The molecule has 1 atom stereocenters. The van der Waals surface area contributed by atoms with Crippen LogP contribution in [-0.4, -0.2) is 30.6 Å². The normalized spacial score (nSPS) is 14.2. The number of hydrogen-bond acceptors (Lipinski definition) is 2. The van der Waals surface area contributed by atoms with E-state index in [0.717, 1.165) is 12.1 Å². The molecule has 0 heterocycles. The Morgan fingerprint density at radius 1 is 1.44 bits per heavy atom. The maximum absolute atomic E-state index is 9.48. The van der Waals surface area contributed by atoms with Gasteiger partial charge in [0.15, 0.2) is 0 Å². The monoisotopic (exact) mass is 219 g/mol. The zero-order valence-electron chi connectivity index (χ0n) is 10.6. The highest BCUT2D eigenvalue weighted by atomic mass is 16.3. The van der Waals surface area contributed by atoms with E-state index in [1.54, 1.807) is 6.07 Å². The number of phenols is 1. The standard InChI is InChI=1S/C14H21NO/c1-5-14(11(2)10-15(3)4)12-7-6-8-13(16)9-12/h5-9,11,16H,10H2,1-4H3/b14-5+/t11-/m0/s1. The van der Waals surface area contributed by atoms with Crippen molar-refractivity contribution in [3.05, 3.63) is 35.9 Å². The van der Waals surface area contributed by atoms with Crippen molar-refractivity contribution >= 4 is 5.57 Å². The average Bonchev–Trinajstić information content (AvgIpc) is 2.17. The molecule has 1 aromatic rings. The summed E-state index contributed by atoms with van der Waals surface area (Å²) >= 11 is 0. The molecule has 88 valence electrons. The summed E-state index contributed by atoms with van der Waals surface area (Å²) in [4.78, 5) is 2.18. The first-order valence-corrected chi connectivity index (χ1v) is 5.65. The first-order valence-electron chi connectivity index (χ1n) is 5.65. The number of phenolic OH excluding ortho intramolecular Hbond substituents is 1. The van der Waals surface area contributed by atoms with Crippen LogP contribution in [0, 0.1) is 5.92 Å². The lowest BCUT2D eigenvalue weighted by Crippen LogP contribution is -2.20. The molecule has 0 aliphatic heterocycles. The minimum Gasteiger partial charge on any atom is -0.508 e. The van der Waals surface area contributed by atoms with Gasteiger partial charge in [-0.25, -0.2) is 0 Å². The van der Waals surface area contributed by atoms with Crippen LogP contribution in [0.1, 0.15) is 19.4 Å². The number of allylic oxidation sites excluding steroid dienone is 1. The summed E-state index contributed by atoms with van der Waals surface area (Å²) < 4.78 is 0. The Morgan fingerprint density at radius 2 is 2.12 bits per heavy atom. The van der Waals surface area contributed by atoms with Crippen molar-refractivity contribution in [2.45, 2.75) is 13.8 Å². The summed E-state index contributed by atoms with van der Waals surface area (Å²) in [5.41, 5.74) is 2.39. The third-order valence-electron chi connectivity index (χ3n) is 2.66. The lowest BCUT2D eigenvalue weighted by Gasteiger charge is -2.20. The maximum Gasteiger partial charge on any atom is 0.116 e. The Kier molecular flexibility index (Phi) is 4.56. The first-order chi connectivity index (χ1) is 7.54. The van der Waals surface area contributed by atoms with Crippen LogP contribution in [-0.2, 0) is 0 Å². The van der Waals surface area contributed by atoms with E-state index in [0.29, 0.717) is 11.7 Å². The lowest BCUT2D eigenvalue weighted by molar-refractivity contribution is 0.376. The summed E-state index contributed by atoms with van der Waals surface area (Å²) in [6.07, 6.45) is 2.13. The van der Waals surface area contributed by atoms with Gasteiger partial charge in [0.1, 0.15) is 5.75 Å². The summed E-state index contributed by atoms with van der Waals surface area (Å²) in [7, 11) is 4.15. The van der Waals surface area contributed by atoms with Crippen LogP contribution in [0.5, 0.6) is 5.75 Å². The molecule has 0 saturated heterocycles. The molecular formula is C14H21NO. The van der Waals surface area contributed by atoms with Gasteiger partial charge in [-0.3, -0.25) is 0 Å². The van der Waals surface area contributed by atoms with Crippen molar-refractivity contribution in [2.24, 2.45) is 5.92 Å². The van der Waals surface area contributed by atoms with E-state index in [1.807, 2.05) is 25.1 Å². The Balaban J connectivity index is 2.91. The van der Waals surface area contributed by atoms with Crippen molar-refractivity contribution < 1.29 is 5.11 Å². The van der Waals surface area contributed by atoms with Gasteiger partial charge in [0.2, 0.25) is 0 Å². The van der Waals surface area contributed by atoms with Crippen molar-refractivity contribution in [2.75, 3.05) is 20.6 Å². The summed E-state index contributed by atoms with van der Waals surface area (Å²) in [6, 6.07) is 7.45. The maximum atomic E-state index is 9.48. The zero-order valence-corrected chi connectivity index (χ0v) is 10.6. The van der Waals surface area contributed by atoms with E-state index in [1.165, 1.54) is 5.57 Å². The second kappa shape index (κ2) is 5.71. The smallest absolute Gasteiger partial charge is 0.116 e. The summed E-state index contributed by atoms with van der Waals surface area (Å²) in [5, 5.41) is 9.48. The van der Waals surface area contributed by atoms with E-state index in [4.69, 9.17) is 0 Å². The van der Waals surface area contributed by atoms with Crippen LogP contribution < -0.4 is 0 Å². The van der Waals surface area contributed by atoms with Gasteiger partial charge in [-0.15, -0.1) is 0 Å². The summed E-state index contributed by atoms with van der Waals surface area (Å²) in [6.45, 7) is 5.26. The number of nitrogens with zero attached hydrogens (tertiary/aromatic N) is 1. The number of benzene rings is 1. The molecule has 16 heavy (non-hydrogen) atoms. The van der Waals surface area contributed by atoms with Crippen molar-refractivity contribution in [3.8, 4) is 5.75 Å². The third-order valence-corrected chi connectivity index (χ3v) is 2.66. The van der Waals surface area contributed by atoms with Gasteiger partial charge in [0, 0.05) is 6.54 Å². The molecule has 0 fully saturated rings. The molecule has 0 aliphatic carbocycles. The van der Waals surface area contributed by atoms with E-state index < -0.39 is 0 Å². The minimum atomic E-state index is 0.328. The molecular weight excluding hydrogens is 198 g/mol. The van der Waals surface area contributed by atoms with Gasteiger partial charge in [0.05, 0.1) is 0 Å². The lowest BCUT2D eigenvalue weighted by atomic mass is 9.93. The Morgan fingerprint density at radius 3 is 2.62 bits per heavy atom. The van der Waals surface area contributed by atoms with E-state index in [-0.39, 0.29) is 0 Å². The third kappa shape index (κ3) is 3.38. The van der Waals surface area contributed by atoms with E-state index in [9.17, 15) is 5.11 Å². The van der Waals surface area contributed by atoms with Crippen LogP contribution in [0.3, 0.4) is 0 Å². The van der Waals surface area contributed by atoms with Gasteiger partial charge in [-0.2, -0.15) is 0 Å². The van der Waals surface area contributed by atoms with Crippen LogP contribution in [0.2, 0.25) is 0 Å². The first kappa shape index (κ1) is 12.8. The fourth-order valence-electron chi connectivity index (χ4n) is 2.07. The van der Waals surface area contributed by atoms with Crippen molar-refractivity contribution in [1.29, 1.82) is 0 Å².